The zero-order chi connectivity index (χ0) is 29.5. The summed E-state index contributed by atoms with van der Waals surface area (Å²) in [7, 11) is 0. The molecule has 0 aliphatic rings. The average Bonchev–Trinajstić information content (AvgIpc) is 3.35. The van der Waals surface area contributed by atoms with Crippen molar-refractivity contribution in [1.82, 2.24) is 15.0 Å². The summed E-state index contributed by atoms with van der Waals surface area (Å²) in [6.45, 7) is 5.43. The topological polar surface area (TPSA) is 118 Å². The Morgan fingerprint density at radius 3 is 2.62 bits per heavy atom. The molecule has 210 valence electrons. The third kappa shape index (κ3) is 4.70. The minimum Gasteiger partial charge on any atom is -0.458 e. The lowest BCUT2D eigenvalue weighted by atomic mass is 9.97. The van der Waals surface area contributed by atoms with E-state index in [-0.39, 0.29) is 33.6 Å². The van der Waals surface area contributed by atoms with Gasteiger partial charge in [0, 0.05) is 12.5 Å². The summed E-state index contributed by atoms with van der Waals surface area (Å²) >= 11 is 0. The van der Waals surface area contributed by atoms with Crippen molar-refractivity contribution in [3.63, 3.8) is 0 Å². The smallest absolute Gasteiger partial charge is 0.203 e. The van der Waals surface area contributed by atoms with E-state index < -0.39 is 23.1 Å². The number of halogens is 2. The summed E-state index contributed by atoms with van der Waals surface area (Å²) < 4.78 is 40.9. The van der Waals surface area contributed by atoms with Crippen LogP contribution in [0.5, 0.6) is 0 Å². The van der Waals surface area contributed by atoms with Gasteiger partial charge in [-0.1, -0.05) is 31.2 Å². The first kappa shape index (κ1) is 26.9. The lowest BCUT2D eigenvalue weighted by molar-refractivity contribution is 0.512. The van der Waals surface area contributed by atoms with Gasteiger partial charge in [0.2, 0.25) is 5.43 Å². The number of aryl methyl sites for hydroxylation is 2. The predicted molar refractivity (Wildman–Crippen MR) is 156 cm³/mol. The molecule has 42 heavy (non-hydrogen) atoms. The maximum Gasteiger partial charge on any atom is 0.203 e. The Balaban J connectivity index is 1.48. The van der Waals surface area contributed by atoms with Crippen LogP contribution in [0, 0.1) is 24.0 Å². The number of rotatable bonds is 7. The van der Waals surface area contributed by atoms with Crippen LogP contribution in [0.2, 0.25) is 0 Å². The van der Waals surface area contributed by atoms with Crippen LogP contribution in [0.1, 0.15) is 48.4 Å². The summed E-state index contributed by atoms with van der Waals surface area (Å²) in [4.78, 5) is 26.9. The summed E-state index contributed by atoms with van der Waals surface area (Å²) in [5, 5.41) is 12.2. The number of hydrogen-bond donors (Lipinski definition) is 2. The van der Waals surface area contributed by atoms with Crippen molar-refractivity contribution in [2.45, 2.75) is 33.2 Å². The molecule has 0 amide bonds. The van der Waals surface area contributed by atoms with E-state index in [0.29, 0.717) is 46.0 Å². The minimum atomic E-state index is -0.732. The van der Waals surface area contributed by atoms with Gasteiger partial charge in [-0.3, -0.25) is 10.2 Å². The average molecular weight is 566 g/mol. The van der Waals surface area contributed by atoms with E-state index in [1.54, 1.807) is 38.1 Å². The van der Waals surface area contributed by atoms with Gasteiger partial charge in [0.15, 0.2) is 11.5 Å². The first-order valence-corrected chi connectivity index (χ1v) is 13.3. The summed E-state index contributed by atoms with van der Waals surface area (Å²) in [6.07, 6.45) is 1.92. The number of benzene rings is 3. The number of fused-ring (bicyclic) bond motifs is 2. The van der Waals surface area contributed by atoms with Crippen LogP contribution >= 0.6 is 0 Å². The lowest BCUT2D eigenvalue weighted by Crippen LogP contribution is -2.19. The minimum absolute atomic E-state index is 0.0274. The van der Waals surface area contributed by atoms with Gasteiger partial charge < -0.3 is 14.2 Å². The molecule has 0 aliphatic heterocycles. The van der Waals surface area contributed by atoms with E-state index in [2.05, 4.69) is 20.3 Å². The number of oxazole rings is 1. The summed E-state index contributed by atoms with van der Waals surface area (Å²) in [6, 6.07) is 14.3. The molecule has 8 nitrogen and oxygen atoms in total. The van der Waals surface area contributed by atoms with Gasteiger partial charge in [-0.05, 0) is 55.3 Å². The molecule has 0 aliphatic carbocycles. The zero-order valence-electron chi connectivity index (χ0n) is 23.0. The quantitative estimate of drug-likeness (QED) is 0.198. The van der Waals surface area contributed by atoms with Crippen molar-refractivity contribution in [2.75, 3.05) is 5.32 Å². The Morgan fingerprint density at radius 2 is 1.83 bits per heavy atom. The molecule has 3 heterocycles. The lowest BCUT2D eigenvalue weighted by Gasteiger charge is -2.21. The van der Waals surface area contributed by atoms with Crippen molar-refractivity contribution in [3.05, 3.63) is 117 Å². The predicted octanol–water partition coefficient (Wildman–Crippen LogP) is 7.13. The third-order valence-corrected chi connectivity index (χ3v) is 7.05. The number of anilines is 1. The highest BCUT2D eigenvalue weighted by Crippen LogP contribution is 2.33. The second-order valence-corrected chi connectivity index (χ2v) is 9.85. The fourth-order valence-electron chi connectivity index (χ4n) is 5.11. The van der Waals surface area contributed by atoms with E-state index in [0.717, 1.165) is 0 Å². The highest BCUT2D eigenvalue weighted by molar-refractivity contribution is 6.15. The van der Waals surface area contributed by atoms with Crippen LogP contribution < -0.4 is 10.7 Å². The molecule has 3 aromatic heterocycles. The van der Waals surface area contributed by atoms with Crippen molar-refractivity contribution in [3.8, 4) is 11.1 Å². The maximum absolute atomic E-state index is 14.8. The standard InChI is InChI=1S/C32H25F2N5O3/c1-4-22-28(29(35)19-11-12-23-25(14-19)41-17(3)39-23)32(37-15-36-22)38-16(2)31-26(18-7-5-8-20(33)13-18)30(40)27-21(34)9-6-10-24(27)42-31/h5-16,35H,4H2,1-3H3,(H,36,37,38). The van der Waals surface area contributed by atoms with Crippen LogP contribution in [-0.4, -0.2) is 20.7 Å². The first-order valence-electron chi connectivity index (χ1n) is 13.3. The molecule has 6 aromatic rings. The summed E-state index contributed by atoms with van der Waals surface area (Å²) in [5.41, 5.74) is 2.78. The van der Waals surface area contributed by atoms with Gasteiger partial charge in [0.05, 0.1) is 28.6 Å². The molecule has 0 radical (unpaired) electrons. The van der Waals surface area contributed by atoms with E-state index in [9.17, 15) is 13.6 Å². The molecule has 1 unspecified atom stereocenters. The second-order valence-electron chi connectivity index (χ2n) is 9.85. The molecule has 1 atom stereocenters. The van der Waals surface area contributed by atoms with Crippen molar-refractivity contribution in [1.29, 1.82) is 5.41 Å². The fraction of sp³-hybridized carbons (Fsp3) is 0.156. The Hall–Kier alpha value is -5.25. The van der Waals surface area contributed by atoms with E-state index in [1.165, 1.54) is 42.7 Å². The first-order chi connectivity index (χ1) is 20.2. The molecule has 0 saturated carbocycles. The van der Waals surface area contributed by atoms with Crippen molar-refractivity contribution in [2.24, 2.45) is 0 Å². The van der Waals surface area contributed by atoms with Crippen LogP contribution in [0.4, 0.5) is 14.6 Å². The molecule has 0 fully saturated rings. The number of nitrogens with one attached hydrogen (secondary N) is 2. The monoisotopic (exact) mass is 565 g/mol. The van der Waals surface area contributed by atoms with Crippen LogP contribution in [0.25, 0.3) is 33.2 Å². The van der Waals surface area contributed by atoms with E-state index in [1.807, 2.05) is 6.92 Å². The molecule has 6 rings (SSSR count). The van der Waals surface area contributed by atoms with Crippen LogP contribution in [0.15, 0.2) is 80.6 Å². The number of nitrogens with zero attached hydrogens (tertiary/aromatic N) is 3. The normalized spacial score (nSPS) is 12.1. The SMILES string of the molecule is CCc1ncnc(NC(C)c2oc3cccc(F)c3c(=O)c2-c2cccc(F)c2)c1C(=N)c1ccc2nc(C)oc2c1. The Kier molecular flexibility index (Phi) is 6.82. The molecule has 0 spiro atoms. The van der Waals surface area contributed by atoms with E-state index >= 15 is 0 Å². The highest BCUT2D eigenvalue weighted by Gasteiger charge is 2.25. The molecular weight excluding hydrogens is 540 g/mol. The van der Waals surface area contributed by atoms with Crippen LogP contribution in [-0.2, 0) is 6.42 Å². The molecular formula is C32H25F2N5O3. The maximum atomic E-state index is 14.8. The van der Waals surface area contributed by atoms with Crippen molar-refractivity contribution < 1.29 is 17.6 Å². The van der Waals surface area contributed by atoms with Gasteiger partial charge in [-0.15, -0.1) is 0 Å². The molecule has 0 saturated heterocycles. The van der Waals surface area contributed by atoms with Crippen molar-refractivity contribution >= 4 is 33.6 Å². The number of aromatic nitrogens is 3. The Bertz CT molecular complexity index is 2070. The Labute approximate surface area is 238 Å². The van der Waals surface area contributed by atoms with Gasteiger partial charge in [-0.25, -0.2) is 23.7 Å². The summed E-state index contributed by atoms with van der Waals surface area (Å²) in [5.74, 6) is -0.265. The van der Waals surface area contributed by atoms with E-state index in [4.69, 9.17) is 14.2 Å². The Morgan fingerprint density at radius 1 is 1.02 bits per heavy atom. The largest absolute Gasteiger partial charge is 0.458 e. The molecule has 3 aromatic carbocycles. The third-order valence-electron chi connectivity index (χ3n) is 7.05. The van der Waals surface area contributed by atoms with Crippen LogP contribution in [0.3, 0.4) is 0 Å². The van der Waals surface area contributed by atoms with Gasteiger partial charge in [0.1, 0.15) is 46.0 Å². The molecule has 10 heteroatoms. The van der Waals surface area contributed by atoms with Gasteiger partial charge in [-0.2, -0.15) is 0 Å². The van der Waals surface area contributed by atoms with Gasteiger partial charge >= 0.3 is 0 Å². The second kappa shape index (κ2) is 10.6. The zero-order valence-corrected chi connectivity index (χ0v) is 23.0. The van der Waals surface area contributed by atoms with Gasteiger partial charge in [0.25, 0.3) is 0 Å². The molecule has 2 N–H and O–H groups in total. The number of hydrogen-bond acceptors (Lipinski definition) is 8. The molecule has 0 bridgehead atoms. The fourth-order valence-corrected chi connectivity index (χ4v) is 5.11. The highest BCUT2D eigenvalue weighted by atomic mass is 19.1.